The first-order chi connectivity index (χ1) is 23.2. The molecule has 2 aliphatic heterocycles. The first-order valence-corrected chi connectivity index (χ1v) is 16.4. The number of hydrogen-bond acceptors (Lipinski definition) is 10. The number of amides is 2. The molecule has 2 fully saturated rings. The van der Waals surface area contributed by atoms with Gasteiger partial charge >= 0.3 is 12.0 Å². The molecule has 48 heavy (non-hydrogen) atoms. The van der Waals surface area contributed by atoms with Gasteiger partial charge in [-0.05, 0) is 59.0 Å². The zero-order valence-corrected chi connectivity index (χ0v) is 28.2. The summed E-state index contributed by atoms with van der Waals surface area (Å²) in [6.07, 6.45) is 4.40. The third-order valence-corrected chi connectivity index (χ3v) is 8.84. The van der Waals surface area contributed by atoms with E-state index < -0.39 is 5.97 Å². The number of benzene rings is 2. The molecule has 13 nitrogen and oxygen atoms in total. The summed E-state index contributed by atoms with van der Waals surface area (Å²) in [6, 6.07) is 11.6. The second-order valence-electron chi connectivity index (χ2n) is 12.5. The number of methoxy groups -OCH3 is 1. The topological polar surface area (TPSA) is 135 Å². The van der Waals surface area contributed by atoms with E-state index >= 15 is 0 Å². The molecule has 0 unspecified atom stereocenters. The summed E-state index contributed by atoms with van der Waals surface area (Å²) >= 11 is 0. The van der Waals surface area contributed by atoms with Crippen LogP contribution in [0.1, 0.15) is 37.0 Å². The van der Waals surface area contributed by atoms with Crippen molar-refractivity contribution >= 4 is 45.8 Å². The van der Waals surface area contributed by atoms with Crippen LogP contribution in [0.25, 0.3) is 22.2 Å². The molecular weight excluding hydrogens is 612 g/mol. The van der Waals surface area contributed by atoms with Crippen LogP contribution in [0.3, 0.4) is 0 Å². The summed E-state index contributed by atoms with van der Waals surface area (Å²) in [6.45, 7) is 8.02. The van der Waals surface area contributed by atoms with Crippen LogP contribution < -0.4 is 25.6 Å². The Hall–Kier alpha value is -4.88. The van der Waals surface area contributed by atoms with Crippen molar-refractivity contribution in [1.82, 2.24) is 24.8 Å². The number of anilines is 4. The lowest BCUT2D eigenvalue weighted by Crippen LogP contribution is -2.45. The fourth-order valence-electron chi connectivity index (χ4n) is 6.36. The molecule has 2 aliphatic rings. The molecule has 0 radical (unpaired) electrons. The molecule has 0 spiro atoms. The number of fused-ring (bicyclic) bond motifs is 1. The van der Waals surface area contributed by atoms with E-state index in [0.29, 0.717) is 60.5 Å². The van der Waals surface area contributed by atoms with Gasteiger partial charge in [0.25, 0.3) is 0 Å². The number of carbonyl (C=O) groups excluding carboxylic acids is 2. The lowest BCUT2D eigenvalue weighted by Gasteiger charge is -2.32. The number of hydrogen-bond donors (Lipinski definition) is 3. The van der Waals surface area contributed by atoms with Crippen LogP contribution in [0.15, 0.2) is 48.9 Å². The molecule has 254 valence electrons. The zero-order valence-electron chi connectivity index (χ0n) is 28.2. The summed E-state index contributed by atoms with van der Waals surface area (Å²) < 4.78 is 19.1. The van der Waals surface area contributed by atoms with Gasteiger partial charge in [-0.25, -0.2) is 19.6 Å². The van der Waals surface area contributed by atoms with Gasteiger partial charge < -0.3 is 44.5 Å². The second-order valence-corrected chi connectivity index (χ2v) is 12.5. The van der Waals surface area contributed by atoms with E-state index in [4.69, 9.17) is 14.2 Å². The molecule has 0 bridgehead atoms. The van der Waals surface area contributed by atoms with Crippen LogP contribution in [0.2, 0.25) is 0 Å². The number of rotatable bonds is 9. The molecule has 0 saturated carbocycles. The summed E-state index contributed by atoms with van der Waals surface area (Å²) in [5.41, 5.74) is 4.43. The van der Waals surface area contributed by atoms with E-state index in [0.717, 1.165) is 42.5 Å². The van der Waals surface area contributed by atoms with Gasteiger partial charge in [0.1, 0.15) is 23.5 Å². The molecular formula is C35H44N8O5. The number of aryl methyl sites for hydroxylation is 1. The van der Waals surface area contributed by atoms with Crippen molar-refractivity contribution < 1.29 is 23.8 Å². The summed E-state index contributed by atoms with van der Waals surface area (Å²) in [5, 5.41) is 10.8. The number of ether oxygens (including phenoxy) is 3. The molecule has 13 heteroatoms. The maximum absolute atomic E-state index is 13.4. The highest BCUT2D eigenvalue weighted by molar-refractivity contribution is 6.08. The number of para-hydroxylation sites is 1. The lowest BCUT2D eigenvalue weighted by molar-refractivity contribution is 0.0378. The minimum Gasteiger partial charge on any atom is -0.494 e. The standard InChI is InChI=1S/C35H44N8O5/c1-22(2)48-34(44)25-20-36-21-37-32(25)31-24-8-6-7-9-28(24)42(4)33(31)39-27-18-26(40-35(45)38-23-10-12-41(3)13-11-23)29(19-30(27)46-5)43-14-16-47-17-15-43/h6-9,18-23,39H,10-17H2,1-5H3,(H2,38,40,45). The molecule has 0 atom stereocenters. The SMILES string of the molecule is COc1cc(N2CCOCC2)c(NC(=O)NC2CCN(C)CC2)cc1Nc1c(-c2ncncc2C(=O)OC(C)C)c2ccccc2n1C. The Bertz CT molecular complexity index is 1780. The van der Waals surface area contributed by atoms with Gasteiger partial charge in [0, 0.05) is 43.8 Å². The molecule has 3 N–H and O–H groups in total. The molecule has 6 rings (SSSR count). The van der Waals surface area contributed by atoms with Gasteiger partial charge in [-0.1, -0.05) is 18.2 Å². The van der Waals surface area contributed by atoms with Crippen LogP contribution in [-0.4, -0.2) is 97.1 Å². The number of nitrogens with zero attached hydrogens (tertiary/aromatic N) is 5. The first-order valence-electron chi connectivity index (χ1n) is 16.4. The van der Waals surface area contributed by atoms with Crippen molar-refractivity contribution in [2.24, 2.45) is 7.05 Å². The molecule has 2 saturated heterocycles. The molecule has 4 aromatic rings. The van der Waals surface area contributed by atoms with E-state index in [1.807, 2.05) is 48.0 Å². The Morgan fingerprint density at radius 3 is 2.50 bits per heavy atom. The number of carbonyl (C=O) groups is 2. The van der Waals surface area contributed by atoms with Gasteiger partial charge in [0.05, 0.1) is 60.3 Å². The van der Waals surface area contributed by atoms with Crippen molar-refractivity contribution in [2.75, 3.05) is 69.1 Å². The highest BCUT2D eigenvalue weighted by atomic mass is 16.5. The van der Waals surface area contributed by atoms with E-state index in [-0.39, 0.29) is 23.7 Å². The summed E-state index contributed by atoms with van der Waals surface area (Å²) in [7, 11) is 5.67. The van der Waals surface area contributed by atoms with Crippen molar-refractivity contribution in [3.05, 3.63) is 54.5 Å². The number of likely N-dealkylation sites (tertiary alicyclic amines) is 1. The Kier molecular flexibility index (Phi) is 9.97. The number of morpholine rings is 1. The smallest absolute Gasteiger partial charge is 0.342 e. The van der Waals surface area contributed by atoms with Crippen LogP contribution >= 0.6 is 0 Å². The number of esters is 1. The average Bonchev–Trinajstić information content (AvgIpc) is 3.36. The maximum Gasteiger partial charge on any atom is 0.342 e. The van der Waals surface area contributed by atoms with Crippen LogP contribution in [0.4, 0.5) is 27.7 Å². The van der Waals surface area contributed by atoms with Crippen LogP contribution in [-0.2, 0) is 16.5 Å². The van der Waals surface area contributed by atoms with Gasteiger partial charge in [0.2, 0.25) is 0 Å². The fourth-order valence-corrected chi connectivity index (χ4v) is 6.36. The van der Waals surface area contributed by atoms with E-state index in [2.05, 4.69) is 42.8 Å². The largest absolute Gasteiger partial charge is 0.494 e. The Morgan fingerprint density at radius 2 is 1.77 bits per heavy atom. The third-order valence-electron chi connectivity index (χ3n) is 8.84. The number of urea groups is 1. The number of nitrogens with one attached hydrogen (secondary N) is 3. The normalized spacial score (nSPS) is 15.8. The van der Waals surface area contributed by atoms with Crippen molar-refractivity contribution in [3.63, 3.8) is 0 Å². The van der Waals surface area contributed by atoms with Crippen LogP contribution in [0.5, 0.6) is 5.75 Å². The van der Waals surface area contributed by atoms with Crippen molar-refractivity contribution in [1.29, 1.82) is 0 Å². The molecule has 2 aromatic heterocycles. The van der Waals surface area contributed by atoms with Crippen molar-refractivity contribution in [3.8, 4) is 17.0 Å². The van der Waals surface area contributed by atoms with E-state index in [9.17, 15) is 9.59 Å². The third kappa shape index (κ3) is 7.02. The highest BCUT2D eigenvalue weighted by Crippen LogP contribution is 2.44. The first kappa shape index (κ1) is 33.0. The Labute approximate surface area is 280 Å². The van der Waals surface area contributed by atoms with E-state index in [1.54, 1.807) is 21.0 Å². The van der Waals surface area contributed by atoms with Gasteiger partial charge in [-0.2, -0.15) is 0 Å². The summed E-state index contributed by atoms with van der Waals surface area (Å²) in [4.78, 5) is 39.9. The van der Waals surface area contributed by atoms with E-state index in [1.165, 1.54) is 12.5 Å². The summed E-state index contributed by atoms with van der Waals surface area (Å²) in [5.74, 6) is 0.748. The maximum atomic E-state index is 13.4. The molecule has 2 amide bonds. The zero-order chi connectivity index (χ0) is 33.8. The molecule has 2 aromatic carbocycles. The fraction of sp³-hybridized carbons (Fsp3) is 0.429. The average molecular weight is 657 g/mol. The minimum atomic E-state index is -0.506. The highest BCUT2D eigenvalue weighted by Gasteiger charge is 2.27. The van der Waals surface area contributed by atoms with Crippen LogP contribution in [0, 0.1) is 0 Å². The second kappa shape index (κ2) is 14.5. The lowest BCUT2D eigenvalue weighted by atomic mass is 10.0. The predicted molar refractivity (Wildman–Crippen MR) is 186 cm³/mol. The molecule has 4 heterocycles. The minimum absolute atomic E-state index is 0.103. The van der Waals surface area contributed by atoms with Gasteiger partial charge in [-0.15, -0.1) is 0 Å². The quantitative estimate of drug-likeness (QED) is 0.211. The number of aromatic nitrogens is 3. The Morgan fingerprint density at radius 1 is 1.02 bits per heavy atom. The van der Waals surface area contributed by atoms with Gasteiger partial charge in [0.15, 0.2) is 0 Å². The molecule has 0 aliphatic carbocycles. The monoisotopic (exact) mass is 656 g/mol. The predicted octanol–water partition coefficient (Wildman–Crippen LogP) is 5.01. The Balaban J connectivity index is 1.43. The van der Waals surface area contributed by atoms with Crippen molar-refractivity contribution in [2.45, 2.75) is 38.8 Å². The number of piperidine rings is 1. The van der Waals surface area contributed by atoms with Gasteiger partial charge in [-0.3, -0.25) is 0 Å².